The number of nitrogens with one attached hydrogen (secondary N) is 2. The maximum atomic E-state index is 12.3. The van der Waals surface area contributed by atoms with Crippen molar-refractivity contribution in [2.75, 3.05) is 25.5 Å². The lowest BCUT2D eigenvalue weighted by Gasteiger charge is -2.38. The zero-order valence-electron chi connectivity index (χ0n) is 12.6. The highest BCUT2D eigenvalue weighted by molar-refractivity contribution is 7.15. The summed E-state index contributed by atoms with van der Waals surface area (Å²) >= 11 is 1.41. The molecule has 0 saturated carbocycles. The Balaban J connectivity index is 1.37. The Kier molecular flexibility index (Phi) is 3.45. The number of H-pyrrole nitrogens is 1. The normalized spacial score (nSPS) is 14.9. The molecular weight excluding hydrogens is 312 g/mol. The number of rotatable bonds is 4. The van der Waals surface area contributed by atoms with E-state index in [-0.39, 0.29) is 11.8 Å². The van der Waals surface area contributed by atoms with E-state index in [1.807, 2.05) is 29.2 Å². The lowest BCUT2D eigenvalue weighted by atomic mass is 9.99. The Hall–Kier alpha value is -2.48. The fourth-order valence-corrected chi connectivity index (χ4v) is 3.37. The van der Waals surface area contributed by atoms with Crippen LogP contribution in [0.15, 0.2) is 24.3 Å². The first-order valence-corrected chi connectivity index (χ1v) is 8.27. The predicted octanol–water partition coefficient (Wildman–Crippen LogP) is 1.62. The topological polar surface area (TPSA) is 86.8 Å². The van der Waals surface area contributed by atoms with Crippen molar-refractivity contribution in [1.29, 1.82) is 0 Å². The predicted molar refractivity (Wildman–Crippen MR) is 88.6 cm³/mol. The lowest BCUT2D eigenvalue weighted by molar-refractivity contribution is -0.135. The number of nitrogens with zero attached hydrogens (tertiary/aromatic N) is 4. The van der Waals surface area contributed by atoms with E-state index in [9.17, 15) is 4.79 Å². The van der Waals surface area contributed by atoms with Gasteiger partial charge in [-0.2, -0.15) is 0 Å². The van der Waals surface area contributed by atoms with Crippen LogP contribution in [0.4, 0.5) is 5.13 Å². The number of carbonyl (C=O) groups is 1. The molecule has 3 heterocycles. The molecule has 0 unspecified atom stereocenters. The molecule has 0 radical (unpaired) electrons. The molecule has 1 fully saturated rings. The van der Waals surface area contributed by atoms with Gasteiger partial charge in [0, 0.05) is 20.1 Å². The Morgan fingerprint density at radius 1 is 1.39 bits per heavy atom. The van der Waals surface area contributed by atoms with Gasteiger partial charge in [0.25, 0.3) is 0 Å². The first kappa shape index (κ1) is 14.1. The van der Waals surface area contributed by atoms with Gasteiger partial charge in [0.05, 0.1) is 23.4 Å². The van der Waals surface area contributed by atoms with Gasteiger partial charge in [-0.1, -0.05) is 23.5 Å². The molecule has 1 aliphatic heterocycles. The first-order chi connectivity index (χ1) is 11.2. The molecule has 2 N–H and O–H groups in total. The van der Waals surface area contributed by atoms with E-state index in [1.54, 1.807) is 7.05 Å². The molecule has 0 spiro atoms. The third-order valence-corrected chi connectivity index (χ3v) is 4.95. The summed E-state index contributed by atoms with van der Waals surface area (Å²) in [6.45, 7) is 1.41. The van der Waals surface area contributed by atoms with Crippen molar-refractivity contribution in [2.24, 2.45) is 0 Å². The van der Waals surface area contributed by atoms with Crippen molar-refractivity contribution in [2.45, 2.75) is 12.3 Å². The van der Waals surface area contributed by atoms with Crippen molar-refractivity contribution in [3.05, 3.63) is 35.1 Å². The molecule has 1 aliphatic rings. The molecule has 1 aromatic carbocycles. The summed E-state index contributed by atoms with van der Waals surface area (Å²) in [7, 11) is 1.79. The van der Waals surface area contributed by atoms with Gasteiger partial charge < -0.3 is 15.2 Å². The number of aromatic amines is 1. The molecule has 3 aromatic rings. The Morgan fingerprint density at radius 2 is 2.22 bits per heavy atom. The van der Waals surface area contributed by atoms with Gasteiger partial charge in [-0.15, -0.1) is 10.2 Å². The zero-order chi connectivity index (χ0) is 15.8. The highest BCUT2D eigenvalue weighted by Crippen LogP contribution is 2.27. The van der Waals surface area contributed by atoms with Gasteiger partial charge in [0.1, 0.15) is 10.8 Å². The van der Waals surface area contributed by atoms with Crippen molar-refractivity contribution >= 4 is 33.4 Å². The van der Waals surface area contributed by atoms with Crippen molar-refractivity contribution in [3.8, 4) is 0 Å². The van der Waals surface area contributed by atoms with Gasteiger partial charge in [0.2, 0.25) is 11.0 Å². The van der Waals surface area contributed by atoms with Crippen molar-refractivity contribution < 1.29 is 4.79 Å². The van der Waals surface area contributed by atoms with Gasteiger partial charge in [-0.05, 0) is 12.1 Å². The molecule has 2 aromatic heterocycles. The van der Waals surface area contributed by atoms with Crippen LogP contribution in [0.1, 0.15) is 16.7 Å². The number of fused-ring (bicyclic) bond motifs is 1. The quantitative estimate of drug-likeness (QED) is 0.760. The summed E-state index contributed by atoms with van der Waals surface area (Å²) in [6, 6.07) is 7.97. The third kappa shape index (κ3) is 2.65. The van der Waals surface area contributed by atoms with Crippen LogP contribution in [0.25, 0.3) is 11.0 Å². The smallest absolute Gasteiger partial charge is 0.229 e. The number of hydrogen-bond donors (Lipinski definition) is 2. The molecule has 118 valence electrons. The van der Waals surface area contributed by atoms with Gasteiger partial charge >= 0.3 is 0 Å². The number of hydrogen-bond acceptors (Lipinski definition) is 6. The minimum absolute atomic E-state index is 0.0937. The number of amides is 1. The number of anilines is 1. The second-order valence-electron chi connectivity index (χ2n) is 5.56. The van der Waals surface area contributed by atoms with Crippen LogP contribution in [0, 0.1) is 0 Å². The molecular formula is C15H16N6OS. The maximum absolute atomic E-state index is 12.3. The highest BCUT2D eigenvalue weighted by atomic mass is 32.1. The standard InChI is InChI=1S/C15H16N6OS/c1-16-15-20-19-12(23-15)6-13(22)21-7-9(8-21)14-17-10-4-2-3-5-11(10)18-14/h2-5,9H,6-8H2,1H3,(H,16,20)(H,17,18). The third-order valence-electron chi connectivity index (χ3n) is 4.01. The van der Waals surface area contributed by atoms with Crippen LogP contribution < -0.4 is 5.32 Å². The first-order valence-electron chi connectivity index (χ1n) is 7.45. The van der Waals surface area contributed by atoms with Crippen LogP contribution in [0.3, 0.4) is 0 Å². The molecule has 0 bridgehead atoms. The summed E-state index contributed by atoms with van der Waals surface area (Å²) in [4.78, 5) is 22.0. The van der Waals surface area contributed by atoms with E-state index in [4.69, 9.17) is 0 Å². The second kappa shape index (κ2) is 5.62. The Bertz CT molecular complexity index is 817. The second-order valence-corrected chi connectivity index (χ2v) is 6.62. The number of likely N-dealkylation sites (tertiary alicyclic amines) is 1. The monoisotopic (exact) mass is 328 g/mol. The number of imidazole rings is 1. The van der Waals surface area contributed by atoms with E-state index >= 15 is 0 Å². The summed E-state index contributed by atoms with van der Waals surface area (Å²) in [6.07, 6.45) is 0.312. The molecule has 7 nitrogen and oxygen atoms in total. The van der Waals surface area contributed by atoms with Crippen LogP contribution in [0.5, 0.6) is 0 Å². The van der Waals surface area contributed by atoms with E-state index < -0.39 is 0 Å². The number of benzene rings is 1. The van der Waals surface area contributed by atoms with E-state index in [1.165, 1.54) is 11.3 Å². The van der Waals surface area contributed by atoms with Gasteiger partial charge in [-0.3, -0.25) is 4.79 Å². The average Bonchev–Trinajstić information content (AvgIpc) is 3.11. The van der Waals surface area contributed by atoms with Crippen LogP contribution >= 0.6 is 11.3 Å². The number of aromatic nitrogens is 4. The number of carbonyl (C=O) groups excluding carboxylic acids is 1. The van der Waals surface area contributed by atoms with E-state index in [0.29, 0.717) is 19.5 Å². The molecule has 1 saturated heterocycles. The summed E-state index contributed by atoms with van der Waals surface area (Å²) in [5.74, 6) is 1.34. The Morgan fingerprint density at radius 3 is 2.96 bits per heavy atom. The molecule has 23 heavy (non-hydrogen) atoms. The van der Waals surface area contributed by atoms with Gasteiger partial charge in [0.15, 0.2) is 0 Å². The molecule has 4 rings (SSSR count). The molecule has 0 aliphatic carbocycles. The van der Waals surface area contributed by atoms with E-state index in [2.05, 4.69) is 25.5 Å². The van der Waals surface area contributed by atoms with Crippen molar-refractivity contribution in [1.82, 2.24) is 25.1 Å². The molecule has 8 heteroatoms. The summed E-state index contributed by atoms with van der Waals surface area (Å²) in [5.41, 5.74) is 2.02. The van der Waals surface area contributed by atoms with Crippen LogP contribution in [-0.2, 0) is 11.2 Å². The largest absolute Gasteiger partial charge is 0.363 e. The summed E-state index contributed by atoms with van der Waals surface area (Å²) in [5, 5.41) is 12.4. The Labute approximate surface area is 136 Å². The fraction of sp³-hybridized carbons (Fsp3) is 0.333. The van der Waals surface area contributed by atoms with Crippen molar-refractivity contribution in [3.63, 3.8) is 0 Å². The lowest BCUT2D eigenvalue weighted by Crippen LogP contribution is -2.49. The minimum atomic E-state index is 0.0937. The molecule has 1 amide bonds. The van der Waals surface area contributed by atoms with Crippen LogP contribution in [0.2, 0.25) is 0 Å². The SMILES string of the molecule is CNc1nnc(CC(=O)N2CC(c3nc4ccccc4[nH]3)C2)s1. The fourth-order valence-electron chi connectivity index (χ4n) is 2.69. The van der Waals surface area contributed by atoms with E-state index in [0.717, 1.165) is 27.0 Å². The highest BCUT2D eigenvalue weighted by Gasteiger charge is 2.33. The summed E-state index contributed by atoms with van der Waals surface area (Å²) < 4.78 is 0. The average molecular weight is 328 g/mol. The maximum Gasteiger partial charge on any atom is 0.229 e. The molecule has 0 atom stereocenters. The zero-order valence-corrected chi connectivity index (χ0v) is 13.4. The minimum Gasteiger partial charge on any atom is -0.363 e. The number of para-hydroxylation sites is 2. The van der Waals surface area contributed by atoms with Crippen LogP contribution in [-0.4, -0.2) is 51.1 Å². The van der Waals surface area contributed by atoms with Gasteiger partial charge in [-0.25, -0.2) is 4.98 Å².